The highest BCUT2D eigenvalue weighted by molar-refractivity contribution is 5.87. The number of hydrazone groups is 1. The normalized spacial score (nSPS) is 12.6. The number of benzene rings is 1. The molecule has 1 aromatic heterocycles. The van der Waals surface area contributed by atoms with Crippen molar-refractivity contribution >= 4 is 17.6 Å². The Balaban J connectivity index is 1.93. The van der Waals surface area contributed by atoms with Gasteiger partial charge in [-0.1, -0.05) is 0 Å². The van der Waals surface area contributed by atoms with Crippen LogP contribution in [0.25, 0.3) is 0 Å². The largest absolute Gasteiger partial charge is 0.454 e. The van der Waals surface area contributed by atoms with E-state index in [0.29, 0.717) is 0 Å². The summed E-state index contributed by atoms with van der Waals surface area (Å²) >= 11 is 0. The summed E-state index contributed by atoms with van der Waals surface area (Å²) in [6.07, 6.45) is 0.829. The minimum atomic E-state index is -1.87. The molecular weight excluding hydrogens is 352 g/mol. The minimum Gasteiger partial charge on any atom is -0.454 e. The summed E-state index contributed by atoms with van der Waals surface area (Å²) in [6.45, 7) is -0.128. The molecule has 2 aromatic rings. The molecule has 0 radical (unpaired) electrons. The molecule has 0 aliphatic carbocycles. The Bertz CT molecular complexity index is 880. The first-order chi connectivity index (χ1) is 11.9. The molecule has 0 amide bonds. The summed E-state index contributed by atoms with van der Waals surface area (Å²) in [5, 5.41) is 14.4. The van der Waals surface area contributed by atoms with E-state index in [0.717, 1.165) is 12.3 Å². The molecule has 0 spiro atoms. The molecule has 8 nitrogen and oxygen atoms in total. The fourth-order valence-corrected chi connectivity index (χ4v) is 1.96. The Hall–Kier alpha value is -3.44. The van der Waals surface area contributed by atoms with Gasteiger partial charge in [0.15, 0.2) is 11.5 Å². The van der Waals surface area contributed by atoms with Crippen molar-refractivity contribution in [3.8, 4) is 11.5 Å². The molecule has 0 unspecified atom stereocenters. The van der Waals surface area contributed by atoms with Crippen LogP contribution in [-0.2, 0) is 0 Å². The predicted octanol–water partition coefficient (Wildman–Crippen LogP) is 2.72. The van der Waals surface area contributed by atoms with E-state index in [1.54, 1.807) is 5.43 Å². The van der Waals surface area contributed by atoms with E-state index in [1.165, 1.54) is 6.07 Å². The van der Waals surface area contributed by atoms with Crippen LogP contribution in [0.4, 0.5) is 28.9 Å². The van der Waals surface area contributed by atoms with Crippen molar-refractivity contribution in [2.24, 2.45) is 5.10 Å². The molecule has 0 bridgehead atoms. The van der Waals surface area contributed by atoms with Crippen LogP contribution < -0.4 is 14.9 Å². The highest BCUT2D eigenvalue weighted by Gasteiger charge is 2.23. The van der Waals surface area contributed by atoms with E-state index in [4.69, 9.17) is 9.47 Å². The number of pyridine rings is 1. The predicted molar refractivity (Wildman–Crippen MR) is 74.5 cm³/mol. The summed E-state index contributed by atoms with van der Waals surface area (Å²) < 4.78 is 62.9. The molecule has 1 aliphatic heterocycles. The fraction of sp³-hybridized carbons (Fsp3) is 0.0769. The van der Waals surface area contributed by atoms with Crippen molar-refractivity contribution in [1.29, 1.82) is 0 Å². The van der Waals surface area contributed by atoms with Gasteiger partial charge < -0.3 is 9.47 Å². The maximum atomic E-state index is 13.4. The van der Waals surface area contributed by atoms with Gasteiger partial charge in [0.05, 0.1) is 22.8 Å². The Morgan fingerprint density at radius 3 is 2.36 bits per heavy atom. The van der Waals surface area contributed by atoms with Crippen molar-refractivity contribution in [2.75, 3.05) is 12.2 Å². The number of hydrogen-bond acceptors (Lipinski definition) is 7. The molecule has 1 aromatic carbocycles. The van der Waals surface area contributed by atoms with Gasteiger partial charge in [-0.05, 0) is 6.07 Å². The zero-order chi connectivity index (χ0) is 18.1. The van der Waals surface area contributed by atoms with E-state index in [1.807, 2.05) is 0 Å². The Morgan fingerprint density at radius 2 is 1.76 bits per heavy atom. The van der Waals surface area contributed by atoms with Crippen LogP contribution in [0.15, 0.2) is 17.2 Å². The van der Waals surface area contributed by atoms with Crippen LogP contribution in [0.3, 0.4) is 0 Å². The number of fused-ring (bicyclic) bond motifs is 1. The summed E-state index contributed by atoms with van der Waals surface area (Å²) in [4.78, 5) is 12.7. The van der Waals surface area contributed by atoms with Crippen LogP contribution in [0.5, 0.6) is 11.5 Å². The van der Waals surface area contributed by atoms with Gasteiger partial charge in [0.25, 0.3) is 17.6 Å². The summed E-state index contributed by atoms with van der Waals surface area (Å²) in [6, 6.07) is 2.29. The smallest absolute Gasteiger partial charge is 0.282 e. The molecule has 1 aliphatic rings. The Labute approximate surface area is 135 Å². The second-order valence-corrected chi connectivity index (χ2v) is 4.59. The number of anilines is 1. The van der Waals surface area contributed by atoms with Crippen molar-refractivity contribution in [1.82, 2.24) is 4.98 Å². The lowest BCUT2D eigenvalue weighted by molar-refractivity contribution is -0.385. The first kappa shape index (κ1) is 16.4. The van der Waals surface area contributed by atoms with Gasteiger partial charge in [-0.2, -0.15) is 27.6 Å². The summed E-state index contributed by atoms with van der Waals surface area (Å²) in [7, 11) is 0. The lowest BCUT2D eigenvalue weighted by Crippen LogP contribution is -2.06. The zero-order valence-electron chi connectivity index (χ0n) is 11.9. The third-order valence-corrected chi connectivity index (χ3v) is 3.10. The van der Waals surface area contributed by atoms with Gasteiger partial charge in [0.1, 0.15) is 5.69 Å². The average Bonchev–Trinajstić information content (AvgIpc) is 3.02. The first-order valence-corrected chi connectivity index (χ1v) is 6.45. The second-order valence-electron chi connectivity index (χ2n) is 4.59. The van der Waals surface area contributed by atoms with Gasteiger partial charge in [-0.15, -0.1) is 0 Å². The second kappa shape index (κ2) is 6.22. The average molecular weight is 358 g/mol. The number of ether oxygens (including phenoxy) is 2. The topological polar surface area (TPSA) is 98.9 Å². The lowest BCUT2D eigenvalue weighted by atomic mass is 10.1. The van der Waals surface area contributed by atoms with E-state index < -0.39 is 39.8 Å². The minimum absolute atomic E-state index is 0.0995. The SMILES string of the molecule is O=[N+]([O-])c1cc2c(cc1/C=N\Nc1c(F)c(F)nc(F)c1F)OCO2. The van der Waals surface area contributed by atoms with Crippen LogP contribution in [-0.4, -0.2) is 22.9 Å². The quantitative estimate of drug-likeness (QED) is 0.297. The van der Waals surface area contributed by atoms with E-state index in [-0.39, 0.29) is 23.9 Å². The van der Waals surface area contributed by atoms with Crippen LogP contribution in [0.1, 0.15) is 5.56 Å². The van der Waals surface area contributed by atoms with Crippen LogP contribution in [0, 0.1) is 33.6 Å². The van der Waals surface area contributed by atoms with Crippen molar-refractivity contribution < 1.29 is 32.0 Å². The molecule has 2 heterocycles. The molecule has 1 N–H and O–H groups in total. The molecule has 0 saturated carbocycles. The van der Waals surface area contributed by atoms with Crippen LogP contribution >= 0.6 is 0 Å². The van der Waals surface area contributed by atoms with Gasteiger partial charge >= 0.3 is 0 Å². The van der Waals surface area contributed by atoms with E-state index in [2.05, 4.69) is 10.1 Å². The first-order valence-electron chi connectivity index (χ1n) is 6.45. The van der Waals surface area contributed by atoms with Gasteiger partial charge in [-0.25, -0.2) is 0 Å². The maximum Gasteiger partial charge on any atom is 0.282 e. The Morgan fingerprint density at radius 1 is 1.16 bits per heavy atom. The number of aromatic nitrogens is 1. The highest BCUT2D eigenvalue weighted by atomic mass is 19.2. The third kappa shape index (κ3) is 3.00. The summed E-state index contributed by atoms with van der Waals surface area (Å²) in [5.74, 6) is -6.98. The number of hydrogen-bond donors (Lipinski definition) is 1. The molecule has 3 rings (SSSR count). The molecule has 12 heteroatoms. The third-order valence-electron chi connectivity index (χ3n) is 3.10. The maximum absolute atomic E-state index is 13.4. The number of nitrogens with zero attached hydrogens (tertiary/aromatic N) is 3. The molecular formula is C13H6F4N4O4. The number of nitro benzene ring substituents is 1. The molecule has 0 saturated heterocycles. The summed E-state index contributed by atoms with van der Waals surface area (Å²) in [5.41, 5.74) is -0.00921. The van der Waals surface area contributed by atoms with Gasteiger partial charge in [0, 0.05) is 0 Å². The molecule has 25 heavy (non-hydrogen) atoms. The van der Waals surface area contributed by atoms with Gasteiger partial charge in [-0.3, -0.25) is 15.5 Å². The number of rotatable bonds is 4. The molecule has 130 valence electrons. The zero-order valence-corrected chi connectivity index (χ0v) is 11.9. The molecule has 0 fully saturated rings. The number of nitro groups is 1. The lowest BCUT2D eigenvalue weighted by Gasteiger charge is -2.05. The fourth-order valence-electron chi connectivity index (χ4n) is 1.96. The van der Waals surface area contributed by atoms with E-state index >= 15 is 0 Å². The number of halogens is 4. The van der Waals surface area contributed by atoms with Gasteiger partial charge in [0.2, 0.25) is 18.4 Å². The monoisotopic (exact) mass is 358 g/mol. The van der Waals surface area contributed by atoms with Crippen LogP contribution in [0.2, 0.25) is 0 Å². The molecule has 0 atom stereocenters. The van der Waals surface area contributed by atoms with Crippen molar-refractivity contribution in [3.05, 3.63) is 51.3 Å². The standard InChI is InChI=1S/C13H6F4N4O4/c14-9-11(10(15)13(17)19-12(9)16)20-18-3-5-1-7-8(25-4-24-7)2-6(5)21(22)23/h1-3H,4H2,(H,19,20)/b18-3-. The highest BCUT2D eigenvalue weighted by Crippen LogP contribution is 2.37. The van der Waals surface area contributed by atoms with E-state index in [9.17, 15) is 27.7 Å². The van der Waals surface area contributed by atoms with Crippen molar-refractivity contribution in [3.63, 3.8) is 0 Å². The number of nitrogens with one attached hydrogen (secondary N) is 1. The Kier molecular flexibility index (Phi) is 4.09. The van der Waals surface area contributed by atoms with Crippen molar-refractivity contribution in [2.45, 2.75) is 0 Å².